The Balaban J connectivity index is 1.51. The van der Waals surface area contributed by atoms with Crippen molar-refractivity contribution in [3.8, 4) is 29.6 Å². The second kappa shape index (κ2) is 10.4. The normalized spacial score (nSPS) is 26.8. The molecule has 0 saturated carbocycles. The fourth-order valence-electron chi connectivity index (χ4n) is 6.98. The van der Waals surface area contributed by atoms with E-state index in [0.29, 0.717) is 11.8 Å². The molecular formula is C30H40N3O4+. The summed E-state index contributed by atoms with van der Waals surface area (Å²) in [7, 11) is 6.77. The molecule has 0 bridgehead atoms. The number of piperidine rings is 1. The molecule has 3 aliphatic heterocycles. The third kappa shape index (κ3) is 4.30. The molecule has 7 nitrogen and oxygen atoms in total. The van der Waals surface area contributed by atoms with Crippen LogP contribution in [-0.2, 0) is 18.5 Å². The predicted octanol–water partition coefficient (Wildman–Crippen LogP) is 5.02. The summed E-state index contributed by atoms with van der Waals surface area (Å²) < 4.78 is 22.5. The van der Waals surface area contributed by atoms with Crippen molar-refractivity contribution < 1.29 is 18.9 Å². The number of methoxy groups -OCH3 is 4. The van der Waals surface area contributed by atoms with Crippen molar-refractivity contribution in [3.63, 3.8) is 0 Å². The molecule has 37 heavy (non-hydrogen) atoms. The van der Waals surface area contributed by atoms with Crippen LogP contribution >= 0.6 is 0 Å². The molecule has 0 aromatic heterocycles. The van der Waals surface area contributed by atoms with E-state index in [1.807, 2.05) is 0 Å². The van der Waals surface area contributed by atoms with Crippen LogP contribution in [0, 0.1) is 18.4 Å². The van der Waals surface area contributed by atoms with Gasteiger partial charge in [0.05, 0.1) is 40.4 Å². The minimum atomic E-state index is -0.557. The van der Waals surface area contributed by atoms with Crippen LogP contribution in [0.5, 0.6) is 23.0 Å². The lowest BCUT2D eigenvalue weighted by molar-refractivity contribution is -0.00461. The van der Waals surface area contributed by atoms with Gasteiger partial charge in [-0.05, 0) is 78.6 Å². The van der Waals surface area contributed by atoms with Crippen LogP contribution in [0.3, 0.4) is 0 Å². The van der Waals surface area contributed by atoms with E-state index in [1.165, 1.54) is 16.7 Å². The van der Waals surface area contributed by atoms with E-state index in [1.54, 1.807) is 28.4 Å². The number of ether oxygens (including phenoxy) is 4. The van der Waals surface area contributed by atoms with Crippen molar-refractivity contribution in [1.82, 2.24) is 10.2 Å². The van der Waals surface area contributed by atoms with Crippen LogP contribution < -0.4 is 24.3 Å². The topological polar surface area (TPSA) is 56.6 Å². The van der Waals surface area contributed by atoms with Crippen LogP contribution in [0.1, 0.15) is 54.5 Å². The summed E-state index contributed by atoms with van der Waals surface area (Å²) in [4.78, 5) is 7.15. The average molecular weight is 507 g/mol. The first kappa shape index (κ1) is 25.7. The van der Waals surface area contributed by atoms with Gasteiger partial charge in [-0.3, -0.25) is 0 Å². The van der Waals surface area contributed by atoms with Gasteiger partial charge in [0.25, 0.3) is 6.57 Å². The maximum Gasteiger partial charge on any atom is 0.363 e. The summed E-state index contributed by atoms with van der Waals surface area (Å²) in [6, 6.07) is 8.77. The zero-order chi connectivity index (χ0) is 26.2. The minimum Gasteiger partial charge on any atom is -0.493 e. The third-order valence-corrected chi connectivity index (χ3v) is 8.97. The molecule has 3 heterocycles. The molecule has 0 spiro atoms. The third-order valence-electron chi connectivity index (χ3n) is 8.97. The number of hydrogen-bond acceptors (Lipinski definition) is 6. The molecule has 1 unspecified atom stereocenters. The van der Waals surface area contributed by atoms with Crippen LogP contribution in [0.2, 0.25) is 0 Å². The van der Waals surface area contributed by atoms with Gasteiger partial charge in [-0.25, -0.2) is 4.90 Å². The lowest BCUT2D eigenvalue weighted by atomic mass is 9.69. The molecule has 3 aliphatic rings. The van der Waals surface area contributed by atoms with Gasteiger partial charge in [0.15, 0.2) is 23.0 Å². The van der Waals surface area contributed by atoms with E-state index in [2.05, 4.69) is 46.3 Å². The highest BCUT2D eigenvalue weighted by molar-refractivity contribution is 5.52. The van der Waals surface area contributed by atoms with E-state index in [0.717, 1.165) is 80.3 Å². The Hall–Kier alpha value is -2.95. The van der Waals surface area contributed by atoms with Gasteiger partial charge in [0.2, 0.25) is 0 Å². The first-order valence-electron chi connectivity index (χ1n) is 13.4. The molecule has 1 saturated heterocycles. The second-order valence-corrected chi connectivity index (χ2v) is 10.5. The minimum absolute atomic E-state index is 0.248. The molecule has 1 N–H and O–H groups in total. The predicted molar refractivity (Wildman–Crippen MR) is 145 cm³/mol. The highest BCUT2D eigenvalue weighted by atomic mass is 16.5. The van der Waals surface area contributed by atoms with E-state index in [9.17, 15) is 0 Å². The Bertz CT molecular complexity index is 1190. The molecule has 198 valence electrons. The molecule has 7 heteroatoms. The Kier molecular flexibility index (Phi) is 7.24. The zero-order valence-electron chi connectivity index (χ0n) is 22.8. The SMILES string of the molecule is C#[N+][C@@]12C[C@H](CC3NCCc4cc(OC)c(OC)cc43)[C@@H](CC)CN1CCc1cc(OC)c(OC)cc12. The van der Waals surface area contributed by atoms with Gasteiger partial charge < -0.3 is 24.3 Å². The summed E-state index contributed by atoms with van der Waals surface area (Å²) in [6.07, 6.45) is 4.97. The first-order valence-corrected chi connectivity index (χ1v) is 13.4. The van der Waals surface area contributed by atoms with Crippen molar-refractivity contribution in [2.24, 2.45) is 11.8 Å². The van der Waals surface area contributed by atoms with Crippen molar-refractivity contribution in [2.45, 2.75) is 50.7 Å². The van der Waals surface area contributed by atoms with Gasteiger partial charge in [-0.1, -0.05) is 18.2 Å². The molecule has 0 radical (unpaired) electrons. The number of nitrogens with zero attached hydrogens (tertiary/aromatic N) is 2. The van der Waals surface area contributed by atoms with Crippen LogP contribution in [-0.4, -0.2) is 53.0 Å². The Labute approximate surface area is 220 Å². The molecular weight excluding hydrogens is 466 g/mol. The number of rotatable bonds is 7. The lowest BCUT2D eigenvalue weighted by Crippen LogP contribution is -2.56. The van der Waals surface area contributed by atoms with Gasteiger partial charge in [0.1, 0.15) is 0 Å². The Morgan fingerprint density at radius 2 is 1.57 bits per heavy atom. The van der Waals surface area contributed by atoms with Crippen molar-refractivity contribution in [3.05, 3.63) is 51.4 Å². The largest absolute Gasteiger partial charge is 0.493 e. The molecule has 1 fully saturated rings. The fraction of sp³-hybridized carbons (Fsp3) is 0.567. The fourth-order valence-corrected chi connectivity index (χ4v) is 6.98. The van der Waals surface area contributed by atoms with Crippen molar-refractivity contribution >= 4 is 0 Å². The Morgan fingerprint density at radius 1 is 0.919 bits per heavy atom. The summed E-state index contributed by atoms with van der Waals surface area (Å²) >= 11 is 0. The standard InChI is InChI=1S/C30H40N3O4/c1-7-19-18-33-11-9-21-14-27(35-4)29(37-6)16-24(21)30(33,31-2)17-22(19)12-25-23-15-28(36-5)26(34-3)13-20(23)8-10-32-25/h2,13-16,19,22,25,32H,7-12,17-18H2,1,3-6H3/q+1/t19-,22-,25?,30-/m0/s1. The number of nitrogens with one attached hydrogen (secondary N) is 1. The van der Waals surface area contributed by atoms with Gasteiger partial charge in [-0.15, -0.1) is 0 Å². The summed E-state index contributed by atoms with van der Waals surface area (Å²) in [5.74, 6) is 4.09. The van der Waals surface area contributed by atoms with Crippen LogP contribution in [0.4, 0.5) is 0 Å². The smallest absolute Gasteiger partial charge is 0.363 e. The summed E-state index contributed by atoms with van der Waals surface area (Å²) in [5, 5.41) is 3.80. The highest BCUT2D eigenvalue weighted by Gasteiger charge is 2.58. The van der Waals surface area contributed by atoms with Gasteiger partial charge >= 0.3 is 5.66 Å². The molecule has 4 atom stereocenters. The summed E-state index contributed by atoms with van der Waals surface area (Å²) in [6.45, 7) is 11.5. The van der Waals surface area contributed by atoms with Crippen LogP contribution in [0.25, 0.3) is 4.85 Å². The maximum atomic E-state index is 6.32. The van der Waals surface area contributed by atoms with E-state index < -0.39 is 5.66 Å². The highest BCUT2D eigenvalue weighted by Crippen LogP contribution is 2.52. The lowest BCUT2D eigenvalue weighted by Gasteiger charge is -2.47. The monoisotopic (exact) mass is 506 g/mol. The molecule has 5 rings (SSSR count). The average Bonchev–Trinajstić information content (AvgIpc) is 2.95. The quantitative estimate of drug-likeness (QED) is 0.569. The first-order chi connectivity index (χ1) is 18.0. The molecule has 2 aromatic carbocycles. The maximum absolute atomic E-state index is 6.32. The number of benzene rings is 2. The van der Waals surface area contributed by atoms with E-state index in [-0.39, 0.29) is 6.04 Å². The van der Waals surface area contributed by atoms with Crippen molar-refractivity contribution in [1.29, 1.82) is 0 Å². The van der Waals surface area contributed by atoms with E-state index >= 15 is 0 Å². The summed E-state index contributed by atoms with van der Waals surface area (Å²) in [5.41, 5.74) is 4.50. The number of fused-ring (bicyclic) bond motifs is 4. The van der Waals surface area contributed by atoms with Gasteiger partial charge in [0, 0.05) is 19.1 Å². The van der Waals surface area contributed by atoms with Crippen LogP contribution in [0.15, 0.2) is 24.3 Å². The molecule has 0 aliphatic carbocycles. The van der Waals surface area contributed by atoms with Gasteiger partial charge in [-0.2, -0.15) is 0 Å². The number of hydrogen-bond donors (Lipinski definition) is 1. The van der Waals surface area contributed by atoms with Crippen molar-refractivity contribution in [2.75, 3.05) is 48.1 Å². The van der Waals surface area contributed by atoms with E-state index in [4.69, 9.17) is 25.5 Å². The Morgan fingerprint density at radius 3 is 2.22 bits per heavy atom. The molecule has 0 amide bonds. The second-order valence-electron chi connectivity index (χ2n) is 10.5. The zero-order valence-corrected chi connectivity index (χ0v) is 22.8. The molecule has 2 aromatic rings.